The Morgan fingerprint density at radius 1 is 1.06 bits per heavy atom. The zero-order chi connectivity index (χ0) is 13.0. The quantitative estimate of drug-likeness (QED) is 0.867. The Balaban J connectivity index is 2.24. The van der Waals surface area contributed by atoms with Crippen molar-refractivity contribution < 1.29 is 4.39 Å². The first-order chi connectivity index (χ1) is 8.70. The van der Waals surface area contributed by atoms with Gasteiger partial charge >= 0.3 is 0 Å². The van der Waals surface area contributed by atoms with Gasteiger partial charge in [-0.3, -0.25) is 0 Å². The Morgan fingerprint density at radius 3 is 2.44 bits per heavy atom. The van der Waals surface area contributed by atoms with Crippen LogP contribution in [-0.4, -0.2) is 0 Å². The van der Waals surface area contributed by atoms with E-state index in [0.29, 0.717) is 0 Å². The van der Waals surface area contributed by atoms with Gasteiger partial charge in [-0.2, -0.15) is 0 Å². The Kier molecular flexibility index (Phi) is 4.11. The van der Waals surface area contributed by atoms with E-state index in [4.69, 9.17) is 5.73 Å². The number of hydrogen-bond acceptors (Lipinski definition) is 1. The summed E-state index contributed by atoms with van der Waals surface area (Å²) in [4.78, 5) is 0. The predicted octanol–water partition coefficient (Wildman–Crippen LogP) is 3.83. The molecule has 2 aromatic rings. The van der Waals surface area contributed by atoms with Crippen molar-refractivity contribution in [1.29, 1.82) is 0 Å². The fourth-order valence-electron chi connectivity index (χ4n) is 2.09. The SMILES string of the molecule is CCCc1cccc(C(N)c2ccc(F)cc2)c1. The summed E-state index contributed by atoms with van der Waals surface area (Å²) in [6, 6.07) is 14.5. The molecule has 0 radical (unpaired) electrons. The molecule has 0 heterocycles. The maximum atomic E-state index is 12.9. The molecule has 2 heteroatoms. The second-order valence-electron chi connectivity index (χ2n) is 4.52. The van der Waals surface area contributed by atoms with Crippen molar-refractivity contribution in [1.82, 2.24) is 0 Å². The van der Waals surface area contributed by atoms with Crippen LogP contribution in [0.25, 0.3) is 0 Å². The van der Waals surface area contributed by atoms with Crippen molar-refractivity contribution >= 4 is 0 Å². The molecule has 1 unspecified atom stereocenters. The Labute approximate surface area is 107 Å². The van der Waals surface area contributed by atoms with Gasteiger partial charge in [0.15, 0.2) is 0 Å². The maximum absolute atomic E-state index is 12.9. The molecule has 0 bridgehead atoms. The van der Waals surface area contributed by atoms with Crippen molar-refractivity contribution in [3.05, 3.63) is 71.0 Å². The third-order valence-electron chi connectivity index (χ3n) is 3.08. The first-order valence-corrected chi connectivity index (χ1v) is 6.30. The molecule has 0 aromatic heterocycles. The van der Waals surface area contributed by atoms with E-state index in [2.05, 4.69) is 19.1 Å². The van der Waals surface area contributed by atoms with Gasteiger partial charge in [0.1, 0.15) is 5.82 Å². The monoisotopic (exact) mass is 243 g/mol. The van der Waals surface area contributed by atoms with Gasteiger partial charge in [0.2, 0.25) is 0 Å². The number of aryl methyl sites for hydroxylation is 1. The van der Waals surface area contributed by atoms with E-state index in [1.807, 2.05) is 12.1 Å². The number of rotatable bonds is 4. The van der Waals surface area contributed by atoms with E-state index in [1.165, 1.54) is 17.7 Å². The van der Waals surface area contributed by atoms with Crippen molar-refractivity contribution in [2.75, 3.05) is 0 Å². The highest BCUT2D eigenvalue weighted by Gasteiger charge is 2.09. The lowest BCUT2D eigenvalue weighted by atomic mass is 9.97. The molecule has 0 aliphatic rings. The van der Waals surface area contributed by atoms with Crippen molar-refractivity contribution in [2.45, 2.75) is 25.8 Å². The fourth-order valence-corrected chi connectivity index (χ4v) is 2.09. The van der Waals surface area contributed by atoms with Crippen LogP contribution < -0.4 is 5.73 Å². The Morgan fingerprint density at radius 2 is 1.78 bits per heavy atom. The normalized spacial score (nSPS) is 12.4. The third-order valence-corrected chi connectivity index (χ3v) is 3.08. The second-order valence-corrected chi connectivity index (χ2v) is 4.52. The van der Waals surface area contributed by atoms with Crippen molar-refractivity contribution in [3.63, 3.8) is 0 Å². The fraction of sp³-hybridized carbons (Fsp3) is 0.250. The summed E-state index contributed by atoms with van der Waals surface area (Å²) in [6.45, 7) is 2.16. The van der Waals surface area contributed by atoms with Gasteiger partial charge in [0.05, 0.1) is 6.04 Å². The average Bonchev–Trinajstić information content (AvgIpc) is 2.39. The highest BCUT2D eigenvalue weighted by atomic mass is 19.1. The summed E-state index contributed by atoms with van der Waals surface area (Å²) in [5.74, 6) is -0.231. The van der Waals surface area contributed by atoms with E-state index in [9.17, 15) is 4.39 Å². The number of halogens is 1. The molecule has 1 nitrogen and oxygen atoms in total. The minimum atomic E-state index is -0.231. The highest BCUT2D eigenvalue weighted by molar-refractivity contribution is 5.34. The molecule has 2 N–H and O–H groups in total. The minimum absolute atomic E-state index is 0.192. The molecular formula is C16H18FN. The molecule has 0 saturated carbocycles. The van der Waals surface area contributed by atoms with E-state index in [-0.39, 0.29) is 11.9 Å². The lowest BCUT2D eigenvalue weighted by molar-refractivity contribution is 0.626. The summed E-state index contributed by atoms with van der Waals surface area (Å²) >= 11 is 0. The smallest absolute Gasteiger partial charge is 0.123 e. The van der Waals surface area contributed by atoms with Crippen molar-refractivity contribution in [3.8, 4) is 0 Å². The molecule has 0 saturated heterocycles. The minimum Gasteiger partial charge on any atom is -0.320 e. The third kappa shape index (κ3) is 2.96. The molecule has 1 atom stereocenters. The van der Waals surface area contributed by atoms with Crippen LogP contribution in [-0.2, 0) is 6.42 Å². The van der Waals surface area contributed by atoms with Gasteiger partial charge in [-0.25, -0.2) is 4.39 Å². The number of benzene rings is 2. The molecule has 2 aromatic carbocycles. The van der Waals surface area contributed by atoms with Crippen LogP contribution in [0.4, 0.5) is 4.39 Å². The van der Waals surface area contributed by atoms with Crippen LogP contribution in [0.1, 0.15) is 36.1 Å². The summed E-state index contributed by atoms with van der Waals surface area (Å²) in [6.07, 6.45) is 2.18. The number of nitrogens with two attached hydrogens (primary N) is 1. The van der Waals surface area contributed by atoms with Crippen LogP contribution in [0.2, 0.25) is 0 Å². The number of hydrogen-bond donors (Lipinski definition) is 1. The Hall–Kier alpha value is -1.67. The van der Waals surface area contributed by atoms with Gasteiger partial charge in [0, 0.05) is 0 Å². The predicted molar refractivity (Wildman–Crippen MR) is 72.9 cm³/mol. The molecular weight excluding hydrogens is 225 g/mol. The van der Waals surface area contributed by atoms with Gasteiger partial charge < -0.3 is 5.73 Å². The molecule has 2 rings (SSSR count). The highest BCUT2D eigenvalue weighted by Crippen LogP contribution is 2.21. The van der Waals surface area contributed by atoms with Crippen LogP contribution in [0.15, 0.2) is 48.5 Å². The van der Waals surface area contributed by atoms with E-state index in [1.54, 1.807) is 12.1 Å². The van der Waals surface area contributed by atoms with Crippen LogP contribution in [0.3, 0.4) is 0 Å². The summed E-state index contributed by atoms with van der Waals surface area (Å²) < 4.78 is 12.9. The van der Waals surface area contributed by atoms with Gasteiger partial charge in [0.25, 0.3) is 0 Å². The molecule has 94 valence electrons. The lowest BCUT2D eigenvalue weighted by Gasteiger charge is -2.13. The van der Waals surface area contributed by atoms with Gasteiger partial charge in [-0.15, -0.1) is 0 Å². The average molecular weight is 243 g/mol. The van der Waals surface area contributed by atoms with E-state index >= 15 is 0 Å². The molecule has 0 fully saturated rings. The molecule has 0 aliphatic carbocycles. The maximum Gasteiger partial charge on any atom is 0.123 e. The summed E-state index contributed by atoms with van der Waals surface area (Å²) in [5, 5.41) is 0. The standard InChI is InChI=1S/C16H18FN/c1-2-4-12-5-3-6-14(11-12)16(18)13-7-9-15(17)10-8-13/h3,5-11,16H,2,4,18H2,1H3. The molecule has 0 spiro atoms. The first-order valence-electron chi connectivity index (χ1n) is 6.30. The van der Waals surface area contributed by atoms with Gasteiger partial charge in [-0.05, 0) is 35.2 Å². The van der Waals surface area contributed by atoms with Crippen molar-refractivity contribution in [2.24, 2.45) is 5.73 Å². The Bertz CT molecular complexity index is 505. The lowest BCUT2D eigenvalue weighted by Crippen LogP contribution is -2.12. The molecule has 18 heavy (non-hydrogen) atoms. The van der Waals surface area contributed by atoms with Crippen LogP contribution in [0, 0.1) is 5.82 Å². The first kappa shape index (κ1) is 12.8. The van der Waals surface area contributed by atoms with Crippen LogP contribution in [0.5, 0.6) is 0 Å². The summed E-state index contributed by atoms with van der Waals surface area (Å²) in [7, 11) is 0. The van der Waals surface area contributed by atoms with Crippen LogP contribution >= 0.6 is 0 Å². The molecule has 0 amide bonds. The zero-order valence-corrected chi connectivity index (χ0v) is 10.6. The molecule has 0 aliphatic heterocycles. The largest absolute Gasteiger partial charge is 0.320 e. The topological polar surface area (TPSA) is 26.0 Å². The van der Waals surface area contributed by atoms with E-state index in [0.717, 1.165) is 24.0 Å². The van der Waals surface area contributed by atoms with Gasteiger partial charge in [-0.1, -0.05) is 49.7 Å². The van der Waals surface area contributed by atoms with E-state index < -0.39 is 0 Å². The zero-order valence-electron chi connectivity index (χ0n) is 10.6. The summed E-state index contributed by atoms with van der Waals surface area (Å²) in [5.41, 5.74) is 9.52. The second kappa shape index (κ2) is 5.78.